The zero-order valence-electron chi connectivity index (χ0n) is 8.68. The second-order valence-corrected chi connectivity index (χ2v) is 4.14. The van der Waals surface area contributed by atoms with E-state index in [-0.39, 0.29) is 6.61 Å². The van der Waals surface area contributed by atoms with Crippen LogP contribution in [0.5, 0.6) is 5.75 Å². The first-order chi connectivity index (χ1) is 8.22. The molecule has 0 aliphatic heterocycles. The average molecular weight is 297 g/mol. The Kier molecular flexibility index (Phi) is 3.55. The fraction of sp³-hybridized carbons (Fsp3) is 0.0909. The summed E-state index contributed by atoms with van der Waals surface area (Å²) in [5, 5.41) is 10.1. The highest BCUT2D eigenvalue weighted by atomic mass is 79.9. The highest BCUT2D eigenvalue weighted by molar-refractivity contribution is 9.10. The van der Waals surface area contributed by atoms with Gasteiger partial charge in [-0.1, -0.05) is 15.9 Å². The maximum atomic E-state index is 10.9. The number of benzene rings is 1. The molecule has 0 aliphatic rings. The normalized spacial score (nSPS) is 10.2. The van der Waals surface area contributed by atoms with Crippen molar-refractivity contribution in [3.05, 3.63) is 35.1 Å². The summed E-state index contributed by atoms with van der Waals surface area (Å²) in [4.78, 5) is 14.9. The highest BCUT2D eigenvalue weighted by Crippen LogP contribution is 2.30. The van der Waals surface area contributed by atoms with Crippen LogP contribution >= 0.6 is 15.9 Å². The van der Waals surface area contributed by atoms with Gasteiger partial charge in [0.2, 0.25) is 0 Å². The van der Waals surface area contributed by atoms with Crippen molar-refractivity contribution >= 4 is 32.6 Å². The standard InChI is InChI=1S/C11H9BrN2O3/c12-9-1-2-10(17-6-11(15)14-16)8-5-13-4-3-7(8)9/h1-5,16H,6H2,(H,14,15). The summed E-state index contributed by atoms with van der Waals surface area (Å²) in [6, 6.07) is 5.41. The summed E-state index contributed by atoms with van der Waals surface area (Å²) >= 11 is 3.42. The average Bonchev–Trinajstić information content (AvgIpc) is 2.38. The second-order valence-electron chi connectivity index (χ2n) is 3.29. The number of rotatable bonds is 3. The topological polar surface area (TPSA) is 71.5 Å². The van der Waals surface area contributed by atoms with Gasteiger partial charge >= 0.3 is 0 Å². The molecule has 1 aromatic heterocycles. The molecule has 0 aliphatic carbocycles. The Morgan fingerprint density at radius 1 is 1.41 bits per heavy atom. The van der Waals surface area contributed by atoms with E-state index in [2.05, 4.69) is 20.9 Å². The molecule has 5 nitrogen and oxygen atoms in total. The molecule has 0 saturated carbocycles. The van der Waals surface area contributed by atoms with E-state index >= 15 is 0 Å². The van der Waals surface area contributed by atoms with Crippen LogP contribution in [0.1, 0.15) is 0 Å². The first kappa shape index (κ1) is 11.8. The Bertz CT molecular complexity index is 559. The first-order valence-corrected chi connectivity index (χ1v) is 5.59. The fourth-order valence-electron chi connectivity index (χ4n) is 1.43. The van der Waals surface area contributed by atoms with Crippen molar-refractivity contribution in [1.29, 1.82) is 0 Å². The number of carbonyl (C=O) groups excluding carboxylic acids is 1. The van der Waals surface area contributed by atoms with Crippen molar-refractivity contribution in [3.63, 3.8) is 0 Å². The van der Waals surface area contributed by atoms with E-state index in [1.165, 1.54) is 5.48 Å². The van der Waals surface area contributed by atoms with E-state index in [4.69, 9.17) is 9.94 Å². The number of carbonyl (C=O) groups is 1. The van der Waals surface area contributed by atoms with Crippen LogP contribution in [0.4, 0.5) is 0 Å². The summed E-state index contributed by atoms with van der Waals surface area (Å²) in [6.07, 6.45) is 3.34. The van der Waals surface area contributed by atoms with E-state index in [1.807, 2.05) is 12.1 Å². The first-order valence-electron chi connectivity index (χ1n) is 4.80. The molecular weight excluding hydrogens is 288 g/mol. The van der Waals surface area contributed by atoms with Crippen LogP contribution in [0.15, 0.2) is 35.1 Å². The lowest BCUT2D eigenvalue weighted by molar-refractivity contribution is -0.131. The molecule has 0 spiro atoms. The van der Waals surface area contributed by atoms with Crippen LogP contribution in [0.2, 0.25) is 0 Å². The van der Waals surface area contributed by atoms with Crippen LogP contribution in [0, 0.1) is 0 Å². The number of nitrogens with zero attached hydrogens (tertiary/aromatic N) is 1. The molecule has 88 valence electrons. The van der Waals surface area contributed by atoms with Gasteiger partial charge in [-0.3, -0.25) is 15.0 Å². The summed E-state index contributed by atoms with van der Waals surface area (Å²) in [7, 11) is 0. The second kappa shape index (κ2) is 5.11. The lowest BCUT2D eigenvalue weighted by Gasteiger charge is -2.08. The number of hydrogen-bond donors (Lipinski definition) is 2. The third-order valence-electron chi connectivity index (χ3n) is 2.21. The minimum Gasteiger partial charge on any atom is -0.483 e. The van der Waals surface area contributed by atoms with Gasteiger partial charge in [0.05, 0.1) is 0 Å². The van der Waals surface area contributed by atoms with Crippen LogP contribution in [0.25, 0.3) is 10.8 Å². The van der Waals surface area contributed by atoms with Gasteiger partial charge in [0, 0.05) is 27.6 Å². The minimum atomic E-state index is -0.607. The molecule has 0 unspecified atom stereocenters. The van der Waals surface area contributed by atoms with Gasteiger partial charge in [-0.25, -0.2) is 5.48 Å². The number of amides is 1. The number of fused-ring (bicyclic) bond motifs is 1. The molecule has 0 saturated heterocycles. The quantitative estimate of drug-likeness (QED) is 0.670. The fourth-order valence-corrected chi connectivity index (χ4v) is 1.91. The molecule has 0 radical (unpaired) electrons. The number of hydrogen-bond acceptors (Lipinski definition) is 4. The molecule has 0 bridgehead atoms. The monoisotopic (exact) mass is 296 g/mol. The molecule has 2 rings (SSSR count). The highest BCUT2D eigenvalue weighted by Gasteiger charge is 2.07. The lowest BCUT2D eigenvalue weighted by Crippen LogP contribution is -2.25. The predicted molar refractivity (Wildman–Crippen MR) is 64.9 cm³/mol. The largest absolute Gasteiger partial charge is 0.483 e. The maximum Gasteiger partial charge on any atom is 0.281 e. The summed E-state index contributed by atoms with van der Waals surface area (Å²) < 4.78 is 6.22. The molecule has 1 heterocycles. The van der Waals surface area contributed by atoms with E-state index in [1.54, 1.807) is 18.5 Å². The summed E-state index contributed by atoms with van der Waals surface area (Å²) in [5.74, 6) is -0.0649. The van der Waals surface area contributed by atoms with Crippen LogP contribution in [0.3, 0.4) is 0 Å². The van der Waals surface area contributed by atoms with Crippen molar-refractivity contribution in [2.75, 3.05) is 6.61 Å². The maximum absolute atomic E-state index is 10.9. The Labute approximate surface area is 106 Å². The molecule has 1 aromatic carbocycles. The van der Waals surface area contributed by atoms with Gasteiger partial charge in [-0.15, -0.1) is 0 Å². The molecule has 17 heavy (non-hydrogen) atoms. The van der Waals surface area contributed by atoms with E-state index in [9.17, 15) is 4.79 Å². The van der Waals surface area contributed by atoms with Gasteiger partial charge in [0.1, 0.15) is 5.75 Å². The van der Waals surface area contributed by atoms with Crippen molar-refractivity contribution in [2.45, 2.75) is 0 Å². The molecule has 2 aromatic rings. The Morgan fingerprint density at radius 3 is 3.00 bits per heavy atom. The van der Waals surface area contributed by atoms with Crippen LogP contribution in [-0.2, 0) is 4.79 Å². The van der Waals surface area contributed by atoms with Gasteiger partial charge in [-0.05, 0) is 18.2 Å². The lowest BCUT2D eigenvalue weighted by atomic mass is 10.1. The third kappa shape index (κ3) is 2.54. The summed E-state index contributed by atoms with van der Waals surface area (Å²) in [6.45, 7) is -0.248. The van der Waals surface area contributed by atoms with Gasteiger partial charge in [0.25, 0.3) is 5.91 Å². The molecular formula is C11H9BrN2O3. The number of nitrogens with one attached hydrogen (secondary N) is 1. The Morgan fingerprint density at radius 2 is 2.24 bits per heavy atom. The number of halogens is 1. The zero-order valence-corrected chi connectivity index (χ0v) is 10.3. The van der Waals surface area contributed by atoms with Crippen molar-refractivity contribution in [2.24, 2.45) is 0 Å². The Balaban J connectivity index is 2.35. The number of pyridine rings is 1. The van der Waals surface area contributed by atoms with Crippen molar-refractivity contribution < 1.29 is 14.7 Å². The van der Waals surface area contributed by atoms with Crippen molar-refractivity contribution in [3.8, 4) is 5.75 Å². The van der Waals surface area contributed by atoms with Gasteiger partial charge in [-0.2, -0.15) is 0 Å². The Hall–Kier alpha value is -1.66. The number of hydroxylamine groups is 1. The smallest absolute Gasteiger partial charge is 0.281 e. The minimum absolute atomic E-state index is 0.248. The molecule has 6 heteroatoms. The van der Waals surface area contributed by atoms with Gasteiger partial charge < -0.3 is 4.74 Å². The van der Waals surface area contributed by atoms with Gasteiger partial charge in [0.15, 0.2) is 6.61 Å². The molecule has 2 N–H and O–H groups in total. The van der Waals surface area contributed by atoms with E-state index < -0.39 is 5.91 Å². The van der Waals surface area contributed by atoms with Crippen molar-refractivity contribution in [1.82, 2.24) is 10.5 Å². The molecule has 1 amide bonds. The predicted octanol–water partition coefficient (Wildman–Crippen LogP) is 1.88. The van der Waals surface area contributed by atoms with Crippen LogP contribution < -0.4 is 10.2 Å². The SMILES string of the molecule is O=C(COc1ccc(Br)c2ccncc12)NO. The number of ether oxygens (including phenoxy) is 1. The third-order valence-corrected chi connectivity index (χ3v) is 2.90. The number of aromatic nitrogens is 1. The molecule has 0 fully saturated rings. The van der Waals surface area contributed by atoms with E-state index in [0.29, 0.717) is 5.75 Å². The summed E-state index contributed by atoms with van der Waals surface area (Å²) in [5.41, 5.74) is 1.51. The van der Waals surface area contributed by atoms with Crippen LogP contribution in [-0.4, -0.2) is 22.7 Å². The van der Waals surface area contributed by atoms with E-state index in [0.717, 1.165) is 15.2 Å². The zero-order chi connectivity index (χ0) is 12.3. The molecule has 0 atom stereocenters.